The fourth-order valence-electron chi connectivity index (χ4n) is 8.98. The number of carboxylic acids is 1. The van der Waals surface area contributed by atoms with E-state index in [9.17, 15) is 50.4 Å². The van der Waals surface area contributed by atoms with Crippen LogP contribution in [-0.4, -0.2) is 114 Å². The Morgan fingerprint density at radius 2 is 1.67 bits per heavy atom. The molecule has 2 fully saturated rings. The van der Waals surface area contributed by atoms with Gasteiger partial charge >= 0.3 is 11.9 Å². The van der Waals surface area contributed by atoms with Gasteiger partial charge in [-0.15, -0.1) is 0 Å². The Labute approximate surface area is 334 Å². The van der Waals surface area contributed by atoms with Crippen molar-refractivity contribution in [3.05, 3.63) is 89.0 Å². The molecule has 308 valence electrons. The summed E-state index contributed by atoms with van der Waals surface area (Å²) in [6.45, 7) is 1.42. The van der Waals surface area contributed by atoms with Crippen LogP contribution in [0.5, 0.6) is 17.2 Å². The normalized spacial score (nSPS) is 27.9. The number of carbonyl (C=O) groups excluding carboxylic acids is 1. The number of fused-ring (bicyclic) bond motifs is 1. The van der Waals surface area contributed by atoms with Crippen molar-refractivity contribution >= 4 is 35.1 Å². The van der Waals surface area contributed by atoms with Gasteiger partial charge in [0.05, 0.1) is 23.7 Å². The number of ether oxygens (including phenoxy) is 2. The number of rotatable bonds is 12. The molecular formula is C43H49N3O12. The molecule has 3 heterocycles. The van der Waals surface area contributed by atoms with Gasteiger partial charge in [-0.1, -0.05) is 62.6 Å². The molecule has 1 amide bonds. The summed E-state index contributed by atoms with van der Waals surface area (Å²) in [4.78, 5) is 37.8. The van der Waals surface area contributed by atoms with E-state index in [0.29, 0.717) is 42.6 Å². The molecule has 3 aromatic carbocycles. The summed E-state index contributed by atoms with van der Waals surface area (Å²) in [6.07, 6.45) is 0.755. The number of hydrogen-bond acceptors (Lipinski definition) is 13. The lowest BCUT2D eigenvalue weighted by Crippen LogP contribution is -2.67. The third kappa shape index (κ3) is 7.73. The molecule has 1 aliphatic carbocycles. The van der Waals surface area contributed by atoms with Crippen molar-refractivity contribution < 1.29 is 59.9 Å². The number of aliphatic carboxylic acids is 1. The highest BCUT2D eigenvalue weighted by atomic mass is 16.8. The highest BCUT2D eigenvalue weighted by Crippen LogP contribution is 2.54. The number of aromatic hydroxyl groups is 2. The Bertz CT molecular complexity index is 2110. The van der Waals surface area contributed by atoms with Crippen molar-refractivity contribution in [2.75, 3.05) is 18.2 Å². The standard InChI is InChI=1S/C43H49N3O12/c1-2-29-30(45-23-44-29)18-25-17-24(11-13-32(25)48)12-14-36(50)46-31-20-34(57-43(56)40(53)39(52)38(51)35(22-47)58-43)33(49)19-27(31)28(37(46)41(54)55)21-42(15-7-4-8-16-42)26-9-5-3-6-10-26/h3,5-6,9-14,17,19-20,28,35,37-40,47-49,51-53,56H,2,4,7-8,15-16,18,21-23H2,1H3,(H,54,55)/b14-12+/t28-,35-,37-,38-,39+,40-,43+/m1/s1. The first-order chi connectivity index (χ1) is 27.8. The van der Waals surface area contributed by atoms with Gasteiger partial charge in [0, 0.05) is 30.0 Å². The first-order valence-corrected chi connectivity index (χ1v) is 19.6. The van der Waals surface area contributed by atoms with Crippen LogP contribution in [-0.2, 0) is 26.2 Å². The number of hydrogen-bond donors (Lipinski definition) is 8. The SMILES string of the molecule is CCC1=NCN=C1Cc1cc(/C=C/C(=O)N2c3cc(O[C@]4(O)O[C@H](CO)[C@@H](O)[C@H](O)[C@H]4O)c(O)cc3[C@@H](CC3(c4ccccc4)CCCCC3)[C@@H]2C(=O)O)ccc1O. The van der Waals surface area contributed by atoms with E-state index in [4.69, 9.17) is 9.47 Å². The summed E-state index contributed by atoms with van der Waals surface area (Å²) < 4.78 is 10.9. The molecule has 7 rings (SSSR count). The van der Waals surface area contributed by atoms with Gasteiger partial charge in [-0.05, 0) is 72.1 Å². The molecule has 0 radical (unpaired) electrons. The van der Waals surface area contributed by atoms with E-state index in [-0.39, 0.29) is 11.4 Å². The molecule has 58 heavy (non-hydrogen) atoms. The third-order valence-corrected chi connectivity index (χ3v) is 12.0. The number of phenolic OH excluding ortho intramolecular Hbond substituents is 2. The van der Waals surface area contributed by atoms with E-state index in [0.717, 1.165) is 60.1 Å². The molecule has 0 unspecified atom stereocenters. The Kier molecular flexibility index (Phi) is 11.7. The van der Waals surface area contributed by atoms with Crippen LogP contribution in [0.25, 0.3) is 6.08 Å². The molecule has 0 aromatic heterocycles. The van der Waals surface area contributed by atoms with Crippen LogP contribution < -0.4 is 9.64 Å². The summed E-state index contributed by atoms with van der Waals surface area (Å²) in [5.74, 6) is -7.06. The molecule has 3 aliphatic heterocycles. The molecule has 7 atom stereocenters. The fraction of sp³-hybridized carbons (Fsp3) is 0.442. The van der Waals surface area contributed by atoms with E-state index in [1.54, 1.807) is 12.1 Å². The number of anilines is 1. The lowest BCUT2D eigenvalue weighted by Gasteiger charge is -2.44. The molecule has 4 aliphatic rings. The van der Waals surface area contributed by atoms with E-state index in [1.807, 2.05) is 37.3 Å². The number of aliphatic hydroxyl groups is 5. The average molecular weight is 800 g/mol. The zero-order valence-electron chi connectivity index (χ0n) is 32.0. The van der Waals surface area contributed by atoms with Gasteiger partial charge in [0.2, 0.25) is 0 Å². The highest BCUT2D eigenvalue weighted by molar-refractivity contribution is 6.43. The predicted molar refractivity (Wildman–Crippen MR) is 212 cm³/mol. The second kappa shape index (κ2) is 16.6. The summed E-state index contributed by atoms with van der Waals surface area (Å²) in [5.41, 5.74) is 3.70. The number of aliphatic imine (C=N–C) groups is 2. The number of carbonyl (C=O) groups is 2. The molecule has 1 saturated carbocycles. The second-order valence-corrected chi connectivity index (χ2v) is 15.5. The maximum absolute atomic E-state index is 14.4. The third-order valence-electron chi connectivity index (χ3n) is 12.0. The van der Waals surface area contributed by atoms with Gasteiger partial charge in [0.1, 0.15) is 36.8 Å². The maximum Gasteiger partial charge on any atom is 0.355 e. The van der Waals surface area contributed by atoms with Crippen molar-refractivity contribution in [3.63, 3.8) is 0 Å². The van der Waals surface area contributed by atoms with Crippen LogP contribution in [0.3, 0.4) is 0 Å². The van der Waals surface area contributed by atoms with Gasteiger partial charge in [0.25, 0.3) is 5.91 Å². The van der Waals surface area contributed by atoms with E-state index in [1.165, 1.54) is 24.3 Å². The molecular weight excluding hydrogens is 750 g/mol. The lowest BCUT2D eigenvalue weighted by atomic mass is 9.63. The van der Waals surface area contributed by atoms with Crippen LogP contribution >= 0.6 is 0 Å². The molecule has 15 nitrogen and oxygen atoms in total. The minimum atomic E-state index is -3.10. The minimum absolute atomic E-state index is 0.0410. The van der Waals surface area contributed by atoms with Crippen molar-refractivity contribution in [2.45, 2.75) is 106 Å². The van der Waals surface area contributed by atoms with Gasteiger partial charge in [-0.3, -0.25) is 19.7 Å². The van der Waals surface area contributed by atoms with Crippen molar-refractivity contribution in [3.8, 4) is 17.2 Å². The number of aliphatic hydroxyl groups excluding tert-OH is 4. The van der Waals surface area contributed by atoms with Crippen LogP contribution in [0, 0.1) is 0 Å². The van der Waals surface area contributed by atoms with E-state index in [2.05, 4.69) is 9.98 Å². The fourth-order valence-corrected chi connectivity index (χ4v) is 8.98. The zero-order valence-corrected chi connectivity index (χ0v) is 32.0. The van der Waals surface area contributed by atoms with Crippen LogP contribution in [0.15, 0.2) is 76.7 Å². The Morgan fingerprint density at radius 1 is 0.948 bits per heavy atom. The second-order valence-electron chi connectivity index (χ2n) is 15.5. The number of nitrogens with zero attached hydrogens (tertiary/aromatic N) is 3. The summed E-state index contributed by atoms with van der Waals surface area (Å²) in [5, 5.41) is 85.4. The lowest BCUT2D eigenvalue weighted by molar-refractivity contribution is -0.422. The zero-order chi connectivity index (χ0) is 41.4. The average Bonchev–Trinajstić information content (AvgIpc) is 3.80. The summed E-state index contributed by atoms with van der Waals surface area (Å²) >= 11 is 0. The number of phenols is 2. The number of benzene rings is 3. The molecule has 3 aromatic rings. The van der Waals surface area contributed by atoms with Crippen molar-refractivity contribution in [1.29, 1.82) is 0 Å². The van der Waals surface area contributed by atoms with Gasteiger partial charge in [-0.2, -0.15) is 0 Å². The maximum atomic E-state index is 14.4. The van der Waals surface area contributed by atoms with E-state index < -0.39 is 77.7 Å². The quantitative estimate of drug-likeness (QED) is 0.0973. The summed E-state index contributed by atoms with van der Waals surface area (Å²) in [6, 6.07) is 15.6. The van der Waals surface area contributed by atoms with E-state index >= 15 is 0 Å². The monoisotopic (exact) mass is 799 g/mol. The molecule has 0 spiro atoms. The Morgan fingerprint density at radius 3 is 2.36 bits per heavy atom. The molecule has 0 bridgehead atoms. The molecule has 1 saturated heterocycles. The van der Waals surface area contributed by atoms with Gasteiger partial charge in [0.15, 0.2) is 17.6 Å². The summed E-state index contributed by atoms with van der Waals surface area (Å²) in [7, 11) is 0. The molecule has 15 heteroatoms. The Hall–Kier alpha value is -5.16. The largest absolute Gasteiger partial charge is 0.508 e. The Balaban J connectivity index is 1.28. The van der Waals surface area contributed by atoms with Gasteiger partial charge < -0.3 is 50.3 Å². The predicted octanol–water partition coefficient (Wildman–Crippen LogP) is 3.29. The van der Waals surface area contributed by atoms with Crippen molar-refractivity contribution in [2.24, 2.45) is 9.98 Å². The number of carboxylic acid groups (broad SMARTS) is 1. The topological polar surface area (TPSA) is 242 Å². The smallest absolute Gasteiger partial charge is 0.355 e. The first-order valence-electron chi connectivity index (χ1n) is 19.6. The van der Waals surface area contributed by atoms with Crippen LogP contribution in [0.2, 0.25) is 0 Å². The highest BCUT2D eigenvalue weighted by Gasteiger charge is 2.56. The van der Waals surface area contributed by atoms with Crippen LogP contribution in [0.1, 0.15) is 80.0 Å². The molecule has 8 N–H and O–H groups in total. The van der Waals surface area contributed by atoms with Gasteiger partial charge in [-0.25, -0.2) is 4.79 Å². The van der Waals surface area contributed by atoms with Crippen molar-refractivity contribution in [1.82, 2.24) is 0 Å². The van der Waals surface area contributed by atoms with Crippen LogP contribution in [0.4, 0.5) is 5.69 Å². The number of amides is 1. The first kappa shape index (κ1) is 41.0. The minimum Gasteiger partial charge on any atom is -0.508 e.